The van der Waals surface area contributed by atoms with Crippen LogP contribution in [-0.4, -0.2) is 44.2 Å². The standard InChI is InChI=1S/C12H17ClN2O.ClH/c1-15(11-8-14-9-11)5-6-16-12-4-2-3-10(13)7-12;/h2-4,7,11,14H,5-6,8-9H2,1H3;1H. The summed E-state index contributed by atoms with van der Waals surface area (Å²) < 4.78 is 5.63. The van der Waals surface area contributed by atoms with Gasteiger partial charge in [0.05, 0.1) is 0 Å². The Labute approximate surface area is 113 Å². The molecule has 0 aromatic heterocycles. The van der Waals surface area contributed by atoms with Crippen molar-refractivity contribution in [2.24, 2.45) is 0 Å². The predicted molar refractivity (Wildman–Crippen MR) is 73.5 cm³/mol. The molecule has 0 unspecified atom stereocenters. The van der Waals surface area contributed by atoms with Crippen LogP contribution in [0.25, 0.3) is 0 Å². The van der Waals surface area contributed by atoms with E-state index in [1.807, 2.05) is 24.3 Å². The summed E-state index contributed by atoms with van der Waals surface area (Å²) in [6.45, 7) is 3.83. The Hall–Kier alpha value is -0.480. The second-order valence-corrected chi connectivity index (χ2v) is 4.53. The highest BCUT2D eigenvalue weighted by atomic mass is 35.5. The third-order valence-corrected chi connectivity index (χ3v) is 3.13. The monoisotopic (exact) mass is 276 g/mol. The summed E-state index contributed by atoms with van der Waals surface area (Å²) >= 11 is 5.87. The number of benzene rings is 1. The molecule has 1 aliphatic heterocycles. The molecule has 0 atom stereocenters. The number of hydrogen-bond donors (Lipinski definition) is 1. The Morgan fingerprint density at radius 3 is 2.82 bits per heavy atom. The number of hydrogen-bond acceptors (Lipinski definition) is 3. The number of halogens is 2. The number of likely N-dealkylation sites (N-methyl/N-ethyl adjacent to an activating group) is 1. The highest BCUT2D eigenvalue weighted by molar-refractivity contribution is 6.30. The van der Waals surface area contributed by atoms with Gasteiger partial charge in [-0.25, -0.2) is 0 Å². The molecule has 1 heterocycles. The van der Waals surface area contributed by atoms with Gasteiger partial charge in [-0.05, 0) is 25.2 Å². The molecule has 96 valence electrons. The largest absolute Gasteiger partial charge is 0.492 e. The average molecular weight is 277 g/mol. The van der Waals surface area contributed by atoms with Gasteiger partial charge in [-0.2, -0.15) is 0 Å². The van der Waals surface area contributed by atoms with Gasteiger partial charge >= 0.3 is 0 Å². The molecular weight excluding hydrogens is 259 g/mol. The van der Waals surface area contributed by atoms with Crippen LogP contribution in [0.3, 0.4) is 0 Å². The van der Waals surface area contributed by atoms with Crippen LogP contribution in [0.2, 0.25) is 5.02 Å². The highest BCUT2D eigenvalue weighted by Gasteiger charge is 2.20. The molecule has 0 aliphatic carbocycles. The van der Waals surface area contributed by atoms with Crippen LogP contribution in [0, 0.1) is 0 Å². The molecule has 1 aromatic rings. The lowest BCUT2D eigenvalue weighted by molar-refractivity contribution is 0.151. The fraction of sp³-hybridized carbons (Fsp3) is 0.500. The van der Waals surface area contributed by atoms with Crippen molar-refractivity contribution >= 4 is 24.0 Å². The maximum Gasteiger partial charge on any atom is 0.120 e. The van der Waals surface area contributed by atoms with E-state index in [1.54, 1.807) is 0 Å². The zero-order valence-electron chi connectivity index (χ0n) is 9.86. The number of nitrogens with zero attached hydrogens (tertiary/aromatic N) is 1. The van der Waals surface area contributed by atoms with Crippen molar-refractivity contribution in [2.75, 3.05) is 33.3 Å². The minimum atomic E-state index is 0. The van der Waals surface area contributed by atoms with Gasteiger partial charge in [0.1, 0.15) is 12.4 Å². The molecule has 1 N–H and O–H groups in total. The lowest BCUT2D eigenvalue weighted by Gasteiger charge is -2.35. The van der Waals surface area contributed by atoms with Crippen LogP contribution in [0.5, 0.6) is 5.75 Å². The van der Waals surface area contributed by atoms with Crippen LogP contribution in [0.15, 0.2) is 24.3 Å². The first-order valence-electron chi connectivity index (χ1n) is 5.55. The van der Waals surface area contributed by atoms with Gasteiger partial charge in [0.15, 0.2) is 0 Å². The van der Waals surface area contributed by atoms with Gasteiger partial charge < -0.3 is 10.1 Å². The summed E-state index contributed by atoms with van der Waals surface area (Å²) in [7, 11) is 2.13. The smallest absolute Gasteiger partial charge is 0.120 e. The molecule has 0 bridgehead atoms. The molecule has 0 radical (unpaired) electrons. The van der Waals surface area contributed by atoms with Gasteiger partial charge in [-0.3, -0.25) is 4.90 Å². The van der Waals surface area contributed by atoms with Crippen LogP contribution in [0.4, 0.5) is 0 Å². The zero-order chi connectivity index (χ0) is 11.4. The summed E-state index contributed by atoms with van der Waals surface area (Å²) in [5.41, 5.74) is 0. The van der Waals surface area contributed by atoms with Crippen LogP contribution >= 0.6 is 24.0 Å². The fourth-order valence-electron chi connectivity index (χ4n) is 1.63. The first-order chi connectivity index (χ1) is 7.75. The van der Waals surface area contributed by atoms with E-state index in [0.29, 0.717) is 17.7 Å². The van der Waals surface area contributed by atoms with Gasteiger partial charge in [0, 0.05) is 30.7 Å². The van der Waals surface area contributed by atoms with E-state index in [1.165, 1.54) is 0 Å². The molecule has 0 saturated carbocycles. The second-order valence-electron chi connectivity index (χ2n) is 4.10. The Morgan fingerprint density at radius 1 is 1.47 bits per heavy atom. The second kappa shape index (κ2) is 7.07. The normalized spacial score (nSPS) is 15.2. The van der Waals surface area contributed by atoms with E-state index in [-0.39, 0.29) is 12.4 Å². The lowest BCUT2D eigenvalue weighted by Crippen LogP contribution is -2.56. The fourth-order valence-corrected chi connectivity index (χ4v) is 1.81. The Bertz CT molecular complexity index is 345. The van der Waals surface area contributed by atoms with E-state index in [4.69, 9.17) is 16.3 Å². The quantitative estimate of drug-likeness (QED) is 0.891. The highest BCUT2D eigenvalue weighted by Crippen LogP contribution is 2.16. The topological polar surface area (TPSA) is 24.5 Å². The molecule has 1 aliphatic rings. The molecule has 1 fully saturated rings. The van der Waals surface area contributed by atoms with E-state index in [9.17, 15) is 0 Å². The Balaban J connectivity index is 0.00000144. The zero-order valence-corrected chi connectivity index (χ0v) is 11.4. The third kappa shape index (κ3) is 4.36. The number of rotatable bonds is 5. The van der Waals surface area contributed by atoms with Crippen molar-refractivity contribution in [3.63, 3.8) is 0 Å². The van der Waals surface area contributed by atoms with Gasteiger partial charge in [-0.15, -0.1) is 12.4 Å². The Morgan fingerprint density at radius 2 is 2.24 bits per heavy atom. The van der Waals surface area contributed by atoms with E-state index >= 15 is 0 Å². The first kappa shape index (κ1) is 14.6. The molecule has 2 rings (SSSR count). The number of nitrogens with one attached hydrogen (secondary N) is 1. The maximum atomic E-state index is 5.87. The molecule has 5 heteroatoms. The minimum Gasteiger partial charge on any atom is -0.492 e. The van der Waals surface area contributed by atoms with Crippen molar-refractivity contribution in [1.82, 2.24) is 10.2 Å². The summed E-state index contributed by atoms with van der Waals surface area (Å²) in [6.07, 6.45) is 0. The van der Waals surface area contributed by atoms with Crippen molar-refractivity contribution in [2.45, 2.75) is 6.04 Å². The molecular formula is C12H18Cl2N2O. The summed E-state index contributed by atoms with van der Waals surface area (Å²) in [4.78, 5) is 2.32. The van der Waals surface area contributed by atoms with Crippen LogP contribution < -0.4 is 10.1 Å². The summed E-state index contributed by atoms with van der Waals surface area (Å²) in [6, 6.07) is 8.18. The van der Waals surface area contributed by atoms with Crippen molar-refractivity contribution in [3.05, 3.63) is 29.3 Å². The lowest BCUT2D eigenvalue weighted by atomic mass is 10.1. The van der Waals surface area contributed by atoms with Crippen LogP contribution in [0.1, 0.15) is 0 Å². The van der Waals surface area contributed by atoms with Gasteiger partial charge in [-0.1, -0.05) is 17.7 Å². The average Bonchev–Trinajstić information content (AvgIpc) is 2.15. The minimum absolute atomic E-state index is 0. The van der Waals surface area contributed by atoms with Gasteiger partial charge in [0.25, 0.3) is 0 Å². The van der Waals surface area contributed by atoms with E-state index in [0.717, 1.165) is 25.4 Å². The van der Waals surface area contributed by atoms with Crippen LogP contribution in [-0.2, 0) is 0 Å². The molecule has 1 aromatic carbocycles. The molecule has 3 nitrogen and oxygen atoms in total. The SMILES string of the molecule is CN(CCOc1cccc(Cl)c1)C1CNC1.Cl. The Kier molecular flexibility index (Phi) is 6.06. The first-order valence-corrected chi connectivity index (χ1v) is 5.93. The summed E-state index contributed by atoms with van der Waals surface area (Å²) in [5, 5.41) is 3.97. The van der Waals surface area contributed by atoms with Gasteiger partial charge in [0.2, 0.25) is 0 Å². The molecule has 1 saturated heterocycles. The molecule has 0 amide bonds. The molecule has 17 heavy (non-hydrogen) atoms. The predicted octanol–water partition coefficient (Wildman–Crippen LogP) is 2.04. The van der Waals surface area contributed by atoms with E-state index in [2.05, 4.69) is 17.3 Å². The van der Waals surface area contributed by atoms with Crippen molar-refractivity contribution in [3.8, 4) is 5.75 Å². The maximum absolute atomic E-state index is 5.87. The molecule has 0 spiro atoms. The van der Waals surface area contributed by atoms with Crippen molar-refractivity contribution in [1.29, 1.82) is 0 Å². The number of ether oxygens (including phenoxy) is 1. The van der Waals surface area contributed by atoms with Crippen molar-refractivity contribution < 1.29 is 4.74 Å². The van der Waals surface area contributed by atoms with E-state index < -0.39 is 0 Å². The summed E-state index contributed by atoms with van der Waals surface area (Å²) in [5.74, 6) is 0.840. The third-order valence-electron chi connectivity index (χ3n) is 2.89.